The van der Waals surface area contributed by atoms with Crippen LogP contribution in [0.25, 0.3) is 0 Å². The summed E-state index contributed by atoms with van der Waals surface area (Å²) in [4.78, 5) is 44.4. The van der Waals surface area contributed by atoms with Gasteiger partial charge in [0, 0.05) is 24.4 Å². The molecule has 2 heterocycles. The summed E-state index contributed by atoms with van der Waals surface area (Å²) in [5.41, 5.74) is 4.96. The minimum atomic E-state index is -1.51. The quantitative estimate of drug-likeness (QED) is 0.327. The van der Waals surface area contributed by atoms with E-state index in [1.165, 1.54) is 11.0 Å². The Kier molecular flexibility index (Phi) is 8.83. The third kappa shape index (κ3) is 6.73. The van der Waals surface area contributed by atoms with Gasteiger partial charge < -0.3 is 24.8 Å². The van der Waals surface area contributed by atoms with E-state index in [9.17, 15) is 14.4 Å². The van der Waals surface area contributed by atoms with Crippen molar-refractivity contribution < 1.29 is 28.6 Å². The molecule has 206 valence electrons. The Morgan fingerprint density at radius 3 is 2.56 bits per heavy atom. The summed E-state index contributed by atoms with van der Waals surface area (Å²) in [5, 5.41) is 0.340. The van der Waals surface area contributed by atoms with Crippen LogP contribution in [0.2, 0.25) is 5.02 Å². The van der Waals surface area contributed by atoms with Gasteiger partial charge in [-0.3, -0.25) is 9.59 Å². The molecule has 2 atom stereocenters. The minimum absolute atomic E-state index is 0.0618. The highest BCUT2D eigenvalue weighted by Crippen LogP contribution is 2.30. The first-order valence-corrected chi connectivity index (χ1v) is 13.4. The van der Waals surface area contributed by atoms with Crippen molar-refractivity contribution in [3.05, 3.63) is 71.0 Å². The van der Waals surface area contributed by atoms with Gasteiger partial charge in [0.05, 0.1) is 18.7 Å². The molecule has 4 rings (SSSR count). The highest BCUT2D eigenvalue weighted by atomic mass is 35.5. The lowest BCUT2D eigenvalue weighted by Crippen LogP contribution is -2.51. The zero-order chi connectivity index (χ0) is 28.2. The van der Waals surface area contributed by atoms with E-state index in [2.05, 4.69) is 9.71 Å². The largest absolute Gasteiger partial charge is 0.497 e. The average molecular weight is 573 g/mol. The molecule has 2 aliphatic rings. The summed E-state index contributed by atoms with van der Waals surface area (Å²) in [6.07, 6.45) is 1.81. The first-order chi connectivity index (χ1) is 18.6. The van der Waals surface area contributed by atoms with Crippen molar-refractivity contribution in [2.45, 2.75) is 38.4 Å². The SMILES string of the molecule is COc1ccc(CC2(C(N)=O)N=C(OC(=O)C(CC(C)C)N3CC(Oc4ccccc4Cl)=CC3=O)SN2)cc1. The van der Waals surface area contributed by atoms with Crippen LogP contribution in [-0.2, 0) is 25.5 Å². The fourth-order valence-electron chi connectivity index (χ4n) is 4.14. The molecule has 0 fully saturated rings. The Morgan fingerprint density at radius 2 is 1.92 bits per heavy atom. The average Bonchev–Trinajstić information content (AvgIpc) is 3.47. The summed E-state index contributed by atoms with van der Waals surface area (Å²) in [6, 6.07) is 13.1. The second-order valence-electron chi connectivity index (χ2n) is 9.51. The molecule has 0 aromatic heterocycles. The molecule has 2 aromatic rings. The van der Waals surface area contributed by atoms with Gasteiger partial charge in [0.1, 0.15) is 23.3 Å². The van der Waals surface area contributed by atoms with E-state index in [1.807, 2.05) is 13.8 Å². The molecule has 2 unspecified atom stereocenters. The number of hydrogen-bond donors (Lipinski definition) is 2. The number of amides is 2. The topological polar surface area (TPSA) is 133 Å². The van der Waals surface area contributed by atoms with E-state index < -0.39 is 23.6 Å². The van der Waals surface area contributed by atoms with Gasteiger partial charge in [-0.05, 0) is 42.2 Å². The molecule has 2 amide bonds. The van der Waals surface area contributed by atoms with Crippen molar-refractivity contribution in [3.63, 3.8) is 0 Å². The van der Waals surface area contributed by atoms with E-state index >= 15 is 0 Å². The predicted octanol–water partition coefficient (Wildman–Crippen LogP) is 3.44. The molecule has 2 aromatic carbocycles. The second kappa shape index (κ2) is 12.1. The zero-order valence-corrected chi connectivity index (χ0v) is 23.3. The van der Waals surface area contributed by atoms with Gasteiger partial charge in [0.15, 0.2) is 0 Å². The summed E-state index contributed by atoms with van der Waals surface area (Å²) >= 11 is 7.07. The highest BCUT2D eigenvalue weighted by molar-refractivity contribution is 8.12. The number of carbonyl (C=O) groups is 3. The normalized spacial score (nSPS) is 19.5. The second-order valence-corrected chi connectivity index (χ2v) is 10.7. The monoisotopic (exact) mass is 572 g/mol. The Hall–Kier alpha value is -3.54. The van der Waals surface area contributed by atoms with Crippen molar-refractivity contribution in [1.82, 2.24) is 9.62 Å². The number of nitrogens with two attached hydrogens (primary N) is 1. The van der Waals surface area contributed by atoms with Crippen molar-refractivity contribution in [1.29, 1.82) is 0 Å². The Balaban J connectivity index is 1.48. The first kappa shape index (κ1) is 28.5. The lowest BCUT2D eigenvalue weighted by atomic mass is 10.0. The number of methoxy groups -OCH3 is 1. The molecule has 0 saturated heterocycles. The molecule has 12 heteroatoms. The summed E-state index contributed by atoms with van der Waals surface area (Å²) in [6.45, 7) is 3.94. The van der Waals surface area contributed by atoms with Crippen LogP contribution in [0.5, 0.6) is 11.5 Å². The number of rotatable bonds is 10. The number of nitrogens with zero attached hydrogens (tertiary/aromatic N) is 2. The van der Waals surface area contributed by atoms with E-state index in [0.29, 0.717) is 28.7 Å². The minimum Gasteiger partial charge on any atom is -0.497 e. The molecule has 0 radical (unpaired) electrons. The van der Waals surface area contributed by atoms with E-state index in [4.69, 9.17) is 31.5 Å². The predicted molar refractivity (Wildman–Crippen MR) is 148 cm³/mol. The third-order valence-electron chi connectivity index (χ3n) is 6.12. The van der Waals surface area contributed by atoms with Gasteiger partial charge in [-0.2, -0.15) is 0 Å². The number of aliphatic imine (C=N–C) groups is 1. The van der Waals surface area contributed by atoms with Crippen LogP contribution in [0.15, 0.2) is 65.4 Å². The lowest BCUT2D eigenvalue weighted by Gasteiger charge is -2.27. The zero-order valence-electron chi connectivity index (χ0n) is 21.7. The van der Waals surface area contributed by atoms with Crippen LogP contribution in [0.3, 0.4) is 0 Å². The fourth-order valence-corrected chi connectivity index (χ4v) is 5.11. The summed E-state index contributed by atoms with van der Waals surface area (Å²) < 4.78 is 19.5. The lowest BCUT2D eigenvalue weighted by molar-refractivity contribution is -0.146. The maximum Gasteiger partial charge on any atom is 0.336 e. The van der Waals surface area contributed by atoms with Crippen LogP contribution in [0.1, 0.15) is 25.8 Å². The van der Waals surface area contributed by atoms with E-state index in [-0.39, 0.29) is 30.0 Å². The Bertz CT molecular complexity index is 1320. The molecule has 0 aliphatic carbocycles. The maximum absolute atomic E-state index is 13.3. The van der Waals surface area contributed by atoms with Crippen LogP contribution >= 0.6 is 23.5 Å². The number of benzene rings is 2. The number of para-hydroxylation sites is 1. The smallest absolute Gasteiger partial charge is 0.336 e. The molecule has 0 spiro atoms. The van der Waals surface area contributed by atoms with Crippen molar-refractivity contribution in [2.75, 3.05) is 13.7 Å². The standard InChI is InChI=1S/C27H29ClN4O6S/c1-16(2)12-21(32-15-19(13-23(32)33)37-22-7-5-4-6-20(22)28)24(34)38-26-30-27(25(29)35,31-39-26)14-17-8-10-18(36-3)11-9-17/h4-11,13,16,21,31H,12,14-15H2,1-3H3,(H2,29,35). The number of ether oxygens (including phenoxy) is 3. The van der Waals surface area contributed by atoms with Gasteiger partial charge in [0.25, 0.3) is 17.0 Å². The molecular weight excluding hydrogens is 544 g/mol. The van der Waals surface area contributed by atoms with Crippen molar-refractivity contribution >= 4 is 46.6 Å². The van der Waals surface area contributed by atoms with Crippen molar-refractivity contribution in [3.8, 4) is 11.5 Å². The number of hydrogen-bond acceptors (Lipinski definition) is 9. The van der Waals surface area contributed by atoms with Crippen LogP contribution in [0.4, 0.5) is 0 Å². The Labute approximate surface area is 235 Å². The number of esters is 1. The van der Waals surface area contributed by atoms with E-state index in [0.717, 1.165) is 17.5 Å². The van der Waals surface area contributed by atoms with Gasteiger partial charge in [0.2, 0.25) is 5.66 Å². The number of carbonyl (C=O) groups excluding carboxylic acids is 3. The van der Waals surface area contributed by atoms with E-state index in [1.54, 1.807) is 55.6 Å². The number of halogens is 1. The first-order valence-electron chi connectivity index (χ1n) is 12.2. The highest BCUT2D eigenvalue weighted by Gasteiger charge is 2.44. The van der Waals surface area contributed by atoms with Gasteiger partial charge in [-0.25, -0.2) is 14.5 Å². The molecule has 2 aliphatic heterocycles. The van der Waals surface area contributed by atoms with Crippen LogP contribution in [-0.4, -0.2) is 53.3 Å². The summed E-state index contributed by atoms with van der Waals surface area (Å²) in [5.74, 6) is -0.286. The molecule has 0 bridgehead atoms. The third-order valence-corrected chi connectivity index (χ3v) is 7.22. The Morgan fingerprint density at radius 1 is 1.21 bits per heavy atom. The number of nitrogens with one attached hydrogen (secondary N) is 1. The maximum atomic E-state index is 13.3. The molecular formula is C27H29ClN4O6S. The van der Waals surface area contributed by atoms with Crippen molar-refractivity contribution in [2.24, 2.45) is 16.6 Å². The van der Waals surface area contributed by atoms with Crippen LogP contribution < -0.4 is 19.9 Å². The van der Waals surface area contributed by atoms with Gasteiger partial charge in [-0.15, -0.1) is 0 Å². The molecule has 3 N–H and O–H groups in total. The van der Waals surface area contributed by atoms with Crippen LogP contribution in [0, 0.1) is 5.92 Å². The number of primary amides is 1. The van der Waals surface area contributed by atoms with Gasteiger partial charge in [-0.1, -0.05) is 49.7 Å². The fraction of sp³-hybridized carbons (Fsp3) is 0.333. The molecule has 10 nitrogen and oxygen atoms in total. The molecule has 39 heavy (non-hydrogen) atoms. The van der Waals surface area contributed by atoms with Gasteiger partial charge >= 0.3 is 5.97 Å². The molecule has 0 saturated carbocycles. The summed E-state index contributed by atoms with van der Waals surface area (Å²) in [7, 11) is 1.56.